The number of H-pyrrole nitrogens is 1. The Morgan fingerprint density at radius 3 is 2.59 bits per heavy atom. The molecule has 0 aliphatic carbocycles. The van der Waals surface area contributed by atoms with E-state index in [1.165, 1.54) is 9.58 Å². The quantitative estimate of drug-likeness (QED) is 0.140. The van der Waals surface area contributed by atoms with Gasteiger partial charge in [-0.3, -0.25) is 19.3 Å². The van der Waals surface area contributed by atoms with Gasteiger partial charge in [-0.15, -0.1) is 0 Å². The van der Waals surface area contributed by atoms with Gasteiger partial charge in [0.1, 0.15) is 11.6 Å². The maximum atomic E-state index is 12.9. The van der Waals surface area contributed by atoms with Crippen LogP contribution >= 0.6 is 11.6 Å². The largest absolute Gasteiger partial charge is 0.497 e. The van der Waals surface area contributed by atoms with E-state index in [0.717, 1.165) is 15.9 Å². The van der Waals surface area contributed by atoms with E-state index in [1.807, 2.05) is 19.1 Å². The van der Waals surface area contributed by atoms with Gasteiger partial charge in [0.05, 0.1) is 7.11 Å². The van der Waals surface area contributed by atoms with Crippen LogP contribution in [-0.4, -0.2) is 43.6 Å². The molecule has 0 saturated heterocycles. The summed E-state index contributed by atoms with van der Waals surface area (Å²) in [4.78, 5) is 32.4. The number of hydrogen-bond donors (Lipinski definition) is 3. The highest BCUT2D eigenvalue weighted by atomic mass is 35.5. The number of aryl methyl sites for hydroxylation is 1. The Kier molecular flexibility index (Phi) is 7.41. The van der Waals surface area contributed by atoms with Crippen molar-refractivity contribution < 1.29 is 4.74 Å². The number of aromatic nitrogens is 4. The standard InChI is InChI=1S/C20H25ClN8O3/c1-3-9-27-17-16(24-19(21)25-17)18(30)28(20(27)31)10-4-11-29(26-23)15(22)12-13-5-7-14(32-2)8-6-13/h5-8,22-23H,3-4,9-12H2,1-2H3,(H,24,25). The Morgan fingerprint density at radius 1 is 1.25 bits per heavy atom. The summed E-state index contributed by atoms with van der Waals surface area (Å²) in [6, 6.07) is 7.29. The third kappa shape index (κ3) is 4.88. The monoisotopic (exact) mass is 460 g/mol. The van der Waals surface area contributed by atoms with Crippen molar-refractivity contribution in [1.29, 1.82) is 10.9 Å². The molecule has 0 unspecified atom stereocenters. The predicted octanol–water partition coefficient (Wildman–Crippen LogP) is 2.82. The van der Waals surface area contributed by atoms with Crippen LogP contribution in [0.4, 0.5) is 0 Å². The number of ether oxygens (including phenoxy) is 1. The van der Waals surface area contributed by atoms with Gasteiger partial charge in [0.15, 0.2) is 11.2 Å². The Morgan fingerprint density at radius 2 is 1.97 bits per heavy atom. The van der Waals surface area contributed by atoms with Crippen molar-refractivity contribution in [3.8, 4) is 5.75 Å². The molecule has 0 bridgehead atoms. The van der Waals surface area contributed by atoms with E-state index in [1.54, 1.807) is 19.2 Å². The molecule has 3 rings (SSSR count). The summed E-state index contributed by atoms with van der Waals surface area (Å²) in [6.07, 6.45) is 1.31. The second kappa shape index (κ2) is 10.2. The van der Waals surface area contributed by atoms with Crippen LogP contribution in [0.5, 0.6) is 5.75 Å². The minimum Gasteiger partial charge on any atom is -0.497 e. The van der Waals surface area contributed by atoms with E-state index in [4.69, 9.17) is 27.3 Å². The highest BCUT2D eigenvalue weighted by Gasteiger charge is 2.17. The summed E-state index contributed by atoms with van der Waals surface area (Å²) in [5, 5.41) is 13.0. The first-order chi connectivity index (χ1) is 15.4. The summed E-state index contributed by atoms with van der Waals surface area (Å²) in [5.74, 6) is 0.855. The molecule has 11 nitrogen and oxygen atoms in total. The zero-order valence-corrected chi connectivity index (χ0v) is 18.6. The molecule has 32 heavy (non-hydrogen) atoms. The van der Waals surface area contributed by atoms with E-state index >= 15 is 0 Å². The van der Waals surface area contributed by atoms with Crippen LogP contribution in [0.1, 0.15) is 25.3 Å². The first-order valence-electron chi connectivity index (χ1n) is 10.1. The number of imidazole rings is 1. The van der Waals surface area contributed by atoms with E-state index in [9.17, 15) is 9.59 Å². The van der Waals surface area contributed by atoms with Gasteiger partial charge >= 0.3 is 5.69 Å². The SMILES string of the molecule is CCCn1c(=O)n(CCCN(N=N)C(=N)Cc2ccc(OC)cc2)c(=O)c2[nH]c(Cl)nc21. The number of aromatic amines is 1. The van der Waals surface area contributed by atoms with E-state index in [-0.39, 0.29) is 41.8 Å². The molecule has 170 valence electrons. The smallest absolute Gasteiger partial charge is 0.332 e. The van der Waals surface area contributed by atoms with Crippen molar-refractivity contribution in [1.82, 2.24) is 24.1 Å². The molecule has 0 amide bonds. The molecule has 2 heterocycles. The third-order valence-corrected chi connectivity index (χ3v) is 5.17. The van der Waals surface area contributed by atoms with Gasteiger partial charge in [-0.25, -0.2) is 9.80 Å². The molecule has 0 spiro atoms. The highest BCUT2D eigenvalue weighted by molar-refractivity contribution is 6.28. The summed E-state index contributed by atoms with van der Waals surface area (Å²) in [6.45, 7) is 2.64. The molecule has 0 radical (unpaired) electrons. The van der Waals surface area contributed by atoms with Crippen LogP contribution < -0.4 is 16.0 Å². The molecule has 0 atom stereocenters. The first kappa shape index (κ1) is 23.2. The van der Waals surface area contributed by atoms with Crippen molar-refractivity contribution in [2.24, 2.45) is 5.22 Å². The lowest BCUT2D eigenvalue weighted by atomic mass is 10.1. The van der Waals surface area contributed by atoms with Gasteiger partial charge in [0.25, 0.3) is 5.56 Å². The van der Waals surface area contributed by atoms with E-state index in [0.29, 0.717) is 19.4 Å². The van der Waals surface area contributed by atoms with Gasteiger partial charge in [-0.1, -0.05) is 24.3 Å². The Balaban J connectivity index is 1.72. The molecule has 0 saturated carbocycles. The van der Waals surface area contributed by atoms with Crippen molar-refractivity contribution in [2.75, 3.05) is 13.7 Å². The van der Waals surface area contributed by atoms with Crippen molar-refractivity contribution in [3.05, 3.63) is 56.0 Å². The molecule has 0 fully saturated rings. The normalized spacial score (nSPS) is 11.0. The van der Waals surface area contributed by atoms with Gasteiger partial charge in [-0.2, -0.15) is 10.5 Å². The number of nitrogens with one attached hydrogen (secondary N) is 3. The second-order valence-corrected chi connectivity index (χ2v) is 7.52. The topological polar surface area (TPSA) is 145 Å². The van der Waals surface area contributed by atoms with E-state index < -0.39 is 11.2 Å². The summed E-state index contributed by atoms with van der Waals surface area (Å²) in [5.41, 5.74) is 7.75. The summed E-state index contributed by atoms with van der Waals surface area (Å²) >= 11 is 5.91. The lowest BCUT2D eigenvalue weighted by Crippen LogP contribution is -2.41. The minimum atomic E-state index is -0.501. The Bertz CT molecular complexity index is 1230. The number of halogens is 1. The van der Waals surface area contributed by atoms with Gasteiger partial charge in [0.2, 0.25) is 5.28 Å². The van der Waals surface area contributed by atoms with Crippen molar-refractivity contribution in [3.63, 3.8) is 0 Å². The number of nitrogens with zero attached hydrogens (tertiary/aromatic N) is 5. The number of amidine groups is 1. The molecular formula is C20H25ClN8O3. The number of fused-ring (bicyclic) bond motifs is 1. The number of rotatable bonds is 10. The molecule has 0 aliphatic rings. The van der Waals surface area contributed by atoms with Crippen molar-refractivity contribution >= 4 is 28.6 Å². The maximum Gasteiger partial charge on any atom is 0.332 e. The zero-order valence-electron chi connectivity index (χ0n) is 17.9. The van der Waals surface area contributed by atoms with Crippen LogP contribution in [0.2, 0.25) is 5.28 Å². The Hall–Kier alpha value is -3.47. The number of benzene rings is 1. The van der Waals surface area contributed by atoms with Gasteiger partial charge in [-0.05, 0) is 42.1 Å². The van der Waals surface area contributed by atoms with E-state index in [2.05, 4.69) is 15.2 Å². The zero-order chi connectivity index (χ0) is 23.3. The molecule has 0 aliphatic heterocycles. The lowest BCUT2D eigenvalue weighted by molar-refractivity contribution is 0.371. The number of methoxy groups -OCH3 is 1. The van der Waals surface area contributed by atoms with Crippen LogP contribution in [-0.2, 0) is 19.5 Å². The minimum absolute atomic E-state index is 0.0465. The fourth-order valence-electron chi connectivity index (χ4n) is 3.41. The molecule has 3 N–H and O–H groups in total. The van der Waals surface area contributed by atoms with Crippen LogP contribution in [0, 0.1) is 10.9 Å². The average molecular weight is 461 g/mol. The molecular weight excluding hydrogens is 436 g/mol. The maximum absolute atomic E-state index is 12.9. The summed E-state index contributed by atoms with van der Waals surface area (Å²) < 4.78 is 7.68. The molecule has 1 aromatic carbocycles. The number of hydrogen-bond acceptors (Lipinski definition) is 7. The molecule has 12 heteroatoms. The second-order valence-electron chi connectivity index (χ2n) is 7.17. The van der Waals surface area contributed by atoms with Crippen LogP contribution in [0.25, 0.3) is 11.2 Å². The average Bonchev–Trinajstić information content (AvgIpc) is 3.18. The predicted molar refractivity (Wildman–Crippen MR) is 121 cm³/mol. The first-order valence-corrected chi connectivity index (χ1v) is 10.5. The fourth-order valence-corrected chi connectivity index (χ4v) is 3.59. The van der Waals surface area contributed by atoms with Gasteiger partial charge in [0, 0.05) is 26.1 Å². The molecule has 2 aromatic heterocycles. The highest BCUT2D eigenvalue weighted by Crippen LogP contribution is 2.13. The van der Waals surface area contributed by atoms with Gasteiger partial charge < -0.3 is 9.72 Å². The third-order valence-electron chi connectivity index (χ3n) is 4.99. The Labute approximate surface area is 188 Å². The van der Waals surface area contributed by atoms with Crippen LogP contribution in [0.15, 0.2) is 39.1 Å². The molecule has 3 aromatic rings. The fraction of sp³-hybridized carbons (Fsp3) is 0.400. The van der Waals surface area contributed by atoms with Crippen LogP contribution in [0.3, 0.4) is 0 Å². The lowest BCUT2D eigenvalue weighted by Gasteiger charge is -2.18. The van der Waals surface area contributed by atoms with Crippen molar-refractivity contribution in [2.45, 2.75) is 39.3 Å². The summed E-state index contributed by atoms with van der Waals surface area (Å²) in [7, 11) is 1.58.